The van der Waals surface area contributed by atoms with Crippen LogP contribution in [0.3, 0.4) is 0 Å². The first-order valence-corrected chi connectivity index (χ1v) is 4.32. The first-order chi connectivity index (χ1) is 5.66. The van der Waals surface area contributed by atoms with Crippen LogP contribution in [0.25, 0.3) is 0 Å². The highest BCUT2D eigenvalue weighted by Crippen LogP contribution is 2.29. The maximum Gasteiger partial charge on any atom is 0.201 e. The SMILES string of the molecule is Fc1ccc(Br)c(OCCl)c1F. The topological polar surface area (TPSA) is 9.23 Å². The average molecular weight is 257 g/mol. The normalized spacial score (nSPS) is 10.0. The molecule has 0 atom stereocenters. The lowest BCUT2D eigenvalue weighted by Gasteiger charge is -2.05. The van der Waals surface area contributed by atoms with E-state index in [-0.39, 0.29) is 11.8 Å². The van der Waals surface area contributed by atoms with Crippen LogP contribution in [0.2, 0.25) is 0 Å². The van der Waals surface area contributed by atoms with Crippen molar-refractivity contribution in [2.45, 2.75) is 0 Å². The van der Waals surface area contributed by atoms with Gasteiger partial charge in [-0.3, -0.25) is 0 Å². The average Bonchev–Trinajstić information content (AvgIpc) is 2.06. The first kappa shape index (κ1) is 9.74. The van der Waals surface area contributed by atoms with Crippen LogP contribution in [0.4, 0.5) is 8.78 Å². The van der Waals surface area contributed by atoms with Gasteiger partial charge >= 0.3 is 0 Å². The highest BCUT2D eigenvalue weighted by atomic mass is 79.9. The zero-order valence-electron chi connectivity index (χ0n) is 5.78. The molecule has 0 aliphatic heterocycles. The minimum atomic E-state index is -1.04. The number of halogens is 4. The molecule has 5 heteroatoms. The third-order valence-corrected chi connectivity index (χ3v) is 1.93. The molecule has 0 N–H and O–H groups in total. The second-order valence-corrected chi connectivity index (χ2v) is 3.00. The second kappa shape index (κ2) is 4.05. The highest BCUT2D eigenvalue weighted by molar-refractivity contribution is 9.10. The van der Waals surface area contributed by atoms with Gasteiger partial charge in [-0.15, -0.1) is 0 Å². The minimum absolute atomic E-state index is 0.204. The summed E-state index contributed by atoms with van der Waals surface area (Å²) in [5.41, 5.74) is 0. The summed E-state index contributed by atoms with van der Waals surface area (Å²) in [6.45, 7) is 0. The van der Waals surface area contributed by atoms with Gasteiger partial charge in [0.1, 0.15) is 0 Å². The van der Waals surface area contributed by atoms with Crippen molar-refractivity contribution in [1.82, 2.24) is 0 Å². The van der Waals surface area contributed by atoms with Crippen LogP contribution in [0.1, 0.15) is 0 Å². The molecule has 66 valence electrons. The van der Waals surface area contributed by atoms with E-state index in [1.54, 1.807) is 0 Å². The standard InChI is InChI=1S/C7H4BrClF2O/c8-4-1-2-5(10)6(11)7(4)12-3-9/h1-2H,3H2. The van der Waals surface area contributed by atoms with Gasteiger partial charge in [0.15, 0.2) is 17.6 Å². The molecule has 0 saturated carbocycles. The van der Waals surface area contributed by atoms with Crippen LogP contribution in [0.15, 0.2) is 16.6 Å². The van der Waals surface area contributed by atoms with Crippen molar-refractivity contribution in [2.75, 3.05) is 6.07 Å². The fourth-order valence-electron chi connectivity index (χ4n) is 0.695. The third-order valence-electron chi connectivity index (χ3n) is 1.20. The van der Waals surface area contributed by atoms with Crippen LogP contribution in [0.5, 0.6) is 5.75 Å². The molecular weight excluding hydrogens is 253 g/mol. The number of ether oxygens (including phenoxy) is 1. The van der Waals surface area contributed by atoms with Gasteiger partial charge in [-0.25, -0.2) is 4.39 Å². The number of hydrogen-bond acceptors (Lipinski definition) is 1. The van der Waals surface area contributed by atoms with Crippen molar-refractivity contribution in [1.29, 1.82) is 0 Å². The van der Waals surface area contributed by atoms with E-state index in [0.717, 1.165) is 6.07 Å². The molecule has 1 nitrogen and oxygen atoms in total. The van der Waals surface area contributed by atoms with Crippen molar-refractivity contribution >= 4 is 27.5 Å². The molecule has 0 aromatic heterocycles. The Bertz CT molecular complexity index is 293. The Morgan fingerprint density at radius 2 is 2.08 bits per heavy atom. The van der Waals surface area contributed by atoms with Gasteiger partial charge in [0.2, 0.25) is 5.82 Å². The molecule has 0 bridgehead atoms. The van der Waals surface area contributed by atoms with Gasteiger partial charge in [0, 0.05) is 0 Å². The Morgan fingerprint density at radius 3 is 2.67 bits per heavy atom. The van der Waals surface area contributed by atoms with Crippen molar-refractivity contribution in [2.24, 2.45) is 0 Å². The third kappa shape index (κ3) is 1.87. The van der Waals surface area contributed by atoms with Crippen molar-refractivity contribution in [3.63, 3.8) is 0 Å². The summed E-state index contributed by atoms with van der Waals surface area (Å²) in [7, 11) is 0. The predicted octanol–water partition coefficient (Wildman–Crippen LogP) is 3.30. The second-order valence-electron chi connectivity index (χ2n) is 1.93. The lowest BCUT2D eigenvalue weighted by Crippen LogP contribution is -1.96. The molecular formula is C7H4BrClF2O. The zero-order chi connectivity index (χ0) is 9.14. The minimum Gasteiger partial charge on any atom is -0.474 e. The van der Waals surface area contributed by atoms with E-state index in [2.05, 4.69) is 20.7 Å². The van der Waals surface area contributed by atoms with Crippen LogP contribution >= 0.6 is 27.5 Å². The molecule has 0 radical (unpaired) electrons. The molecule has 0 unspecified atom stereocenters. The zero-order valence-corrected chi connectivity index (χ0v) is 8.12. The van der Waals surface area contributed by atoms with E-state index < -0.39 is 11.6 Å². The van der Waals surface area contributed by atoms with Crippen LogP contribution < -0.4 is 4.74 Å². The summed E-state index contributed by atoms with van der Waals surface area (Å²) in [6.07, 6.45) is 0. The molecule has 0 saturated heterocycles. The Labute approximate surface area is 81.4 Å². The van der Waals surface area contributed by atoms with E-state index >= 15 is 0 Å². The quantitative estimate of drug-likeness (QED) is 0.583. The molecule has 0 spiro atoms. The van der Waals surface area contributed by atoms with Crippen molar-refractivity contribution in [3.05, 3.63) is 28.2 Å². The number of hydrogen-bond donors (Lipinski definition) is 0. The molecule has 12 heavy (non-hydrogen) atoms. The maximum absolute atomic E-state index is 12.9. The van der Waals surface area contributed by atoms with Crippen molar-refractivity contribution < 1.29 is 13.5 Å². The summed E-state index contributed by atoms with van der Waals surface area (Å²) in [6, 6.07) is 2.12. The van der Waals surface area contributed by atoms with Gasteiger partial charge in [0.05, 0.1) is 4.47 Å². The molecule has 0 aliphatic rings. The number of alkyl halides is 1. The lowest BCUT2D eigenvalue weighted by atomic mass is 10.3. The van der Waals surface area contributed by atoms with Gasteiger partial charge in [-0.2, -0.15) is 4.39 Å². The summed E-state index contributed by atoms with van der Waals surface area (Å²) in [5, 5.41) is 0. The van der Waals surface area contributed by atoms with Crippen LogP contribution in [0, 0.1) is 11.6 Å². The van der Waals surface area contributed by atoms with E-state index in [1.807, 2.05) is 0 Å². The van der Waals surface area contributed by atoms with E-state index in [9.17, 15) is 8.78 Å². The Morgan fingerprint density at radius 1 is 1.42 bits per heavy atom. The first-order valence-electron chi connectivity index (χ1n) is 2.99. The smallest absolute Gasteiger partial charge is 0.201 e. The van der Waals surface area contributed by atoms with Crippen LogP contribution in [-0.4, -0.2) is 6.07 Å². The lowest BCUT2D eigenvalue weighted by molar-refractivity contribution is 0.349. The summed E-state index contributed by atoms with van der Waals surface area (Å²) in [4.78, 5) is 0. The number of rotatable bonds is 2. The molecule has 1 aromatic carbocycles. The summed E-state index contributed by atoms with van der Waals surface area (Å²) >= 11 is 8.19. The fourth-order valence-corrected chi connectivity index (χ4v) is 1.23. The van der Waals surface area contributed by atoms with Gasteiger partial charge in [-0.05, 0) is 28.1 Å². The molecule has 0 aliphatic carbocycles. The predicted molar refractivity (Wildman–Crippen MR) is 45.4 cm³/mol. The highest BCUT2D eigenvalue weighted by Gasteiger charge is 2.12. The largest absolute Gasteiger partial charge is 0.474 e. The van der Waals surface area contributed by atoms with Crippen LogP contribution in [-0.2, 0) is 0 Å². The summed E-state index contributed by atoms with van der Waals surface area (Å²) < 4.78 is 30.4. The van der Waals surface area contributed by atoms with Crippen molar-refractivity contribution in [3.8, 4) is 5.75 Å². The molecule has 0 heterocycles. The molecule has 1 rings (SSSR count). The van der Waals surface area contributed by atoms with E-state index in [4.69, 9.17) is 11.6 Å². The molecule has 0 fully saturated rings. The fraction of sp³-hybridized carbons (Fsp3) is 0.143. The van der Waals surface area contributed by atoms with E-state index in [1.165, 1.54) is 6.07 Å². The maximum atomic E-state index is 12.9. The molecule has 0 amide bonds. The van der Waals surface area contributed by atoms with Gasteiger partial charge < -0.3 is 4.74 Å². The Hall–Kier alpha value is -0.350. The molecule has 1 aromatic rings. The van der Waals surface area contributed by atoms with E-state index in [0.29, 0.717) is 4.47 Å². The number of benzene rings is 1. The Kier molecular flexibility index (Phi) is 3.29. The van der Waals surface area contributed by atoms with Gasteiger partial charge in [0.25, 0.3) is 0 Å². The summed E-state index contributed by atoms with van der Waals surface area (Å²) in [5.74, 6) is -2.20. The monoisotopic (exact) mass is 256 g/mol. The Balaban J connectivity index is 3.14. The van der Waals surface area contributed by atoms with Gasteiger partial charge in [-0.1, -0.05) is 11.6 Å².